The molecular formula is C18H25N3. The molecule has 0 radical (unpaired) electrons. The van der Waals surface area contributed by atoms with Gasteiger partial charge in [0, 0.05) is 11.7 Å². The second kappa shape index (κ2) is 6.05. The molecule has 2 aliphatic rings. The lowest BCUT2D eigenvalue weighted by atomic mass is 9.78. The van der Waals surface area contributed by atoms with Crippen LogP contribution in [0.4, 0.5) is 5.82 Å². The molecule has 1 heterocycles. The Morgan fingerprint density at radius 1 is 1.19 bits per heavy atom. The number of hydrogen-bond acceptors (Lipinski definition) is 3. The first kappa shape index (κ1) is 14.4. The van der Waals surface area contributed by atoms with Crippen molar-refractivity contribution in [2.45, 2.75) is 64.8 Å². The van der Waals surface area contributed by atoms with E-state index in [9.17, 15) is 5.26 Å². The van der Waals surface area contributed by atoms with Crippen LogP contribution < -0.4 is 5.32 Å². The van der Waals surface area contributed by atoms with Crippen molar-refractivity contribution in [2.75, 3.05) is 5.32 Å². The monoisotopic (exact) mass is 283 g/mol. The zero-order valence-corrected chi connectivity index (χ0v) is 13.2. The van der Waals surface area contributed by atoms with Crippen LogP contribution in [0.1, 0.15) is 62.8 Å². The molecule has 0 bridgehead atoms. The van der Waals surface area contributed by atoms with Gasteiger partial charge in [0.1, 0.15) is 11.9 Å². The van der Waals surface area contributed by atoms with Gasteiger partial charge in [-0.05, 0) is 55.6 Å². The average Bonchev–Trinajstić information content (AvgIpc) is 2.51. The molecule has 1 aromatic heterocycles. The Morgan fingerprint density at radius 2 is 2.00 bits per heavy atom. The van der Waals surface area contributed by atoms with Crippen molar-refractivity contribution in [3.63, 3.8) is 0 Å². The molecule has 112 valence electrons. The Hall–Kier alpha value is -1.56. The summed E-state index contributed by atoms with van der Waals surface area (Å²) in [5.74, 6) is 2.21. The van der Waals surface area contributed by atoms with Gasteiger partial charge in [-0.3, -0.25) is 0 Å². The fourth-order valence-corrected chi connectivity index (χ4v) is 3.79. The van der Waals surface area contributed by atoms with E-state index < -0.39 is 0 Å². The van der Waals surface area contributed by atoms with E-state index >= 15 is 0 Å². The average molecular weight is 283 g/mol. The third kappa shape index (κ3) is 2.90. The Morgan fingerprint density at radius 3 is 2.81 bits per heavy atom. The van der Waals surface area contributed by atoms with Crippen molar-refractivity contribution in [2.24, 2.45) is 11.8 Å². The van der Waals surface area contributed by atoms with Crippen molar-refractivity contribution in [3.8, 4) is 6.07 Å². The zero-order valence-electron chi connectivity index (χ0n) is 13.2. The zero-order chi connectivity index (χ0) is 14.8. The second-order valence-corrected chi connectivity index (χ2v) is 6.83. The smallest absolute Gasteiger partial charge is 0.144 e. The quantitative estimate of drug-likeness (QED) is 0.890. The van der Waals surface area contributed by atoms with Crippen LogP contribution in [0.25, 0.3) is 0 Å². The van der Waals surface area contributed by atoms with E-state index in [2.05, 4.69) is 31.3 Å². The fraction of sp³-hybridized carbons (Fsp3) is 0.667. The molecule has 3 unspecified atom stereocenters. The number of nitriles is 1. The van der Waals surface area contributed by atoms with Crippen molar-refractivity contribution in [1.29, 1.82) is 5.26 Å². The standard InChI is InChI=1S/C18H25N3/c1-12-6-5-9-16(13(12)2)20-18-15(11-19)10-14-7-3-4-8-17(14)21-18/h10,12-13,16H,3-9H2,1-2H3,(H,20,21). The van der Waals surface area contributed by atoms with E-state index in [1.54, 1.807) is 0 Å². The Labute approximate surface area is 127 Å². The number of nitrogens with one attached hydrogen (secondary N) is 1. The minimum atomic E-state index is 0.454. The number of fused-ring (bicyclic) bond motifs is 1. The summed E-state index contributed by atoms with van der Waals surface area (Å²) in [6.45, 7) is 4.66. The third-order valence-electron chi connectivity index (χ3n) is 5.45. The van der Waals surface area contributed by atoms with Gasteiger partial charge in [0.15, 0.2) is 0 Å². The minimum absolute atomic E-state index is 0.454. The molecule has 0 aromatic carbocycles. The van der Waals surface area contributed by atoms with Gasteiger partial charge in [-0.15, -0.1) is 0 Å². The highest BCUT2D eigenvalue weighted by Gasteiger charge is 2.28. The maximum absolute atomic E-state index is 9.44. The minimum Gasteiger partial charge on any atom is -0.366 e. The SMILES string of the molecule is CC1CCCC(Nc2nc3c(cc2C#N)CCCC3)C1C. The first-order chi connectivity index (χ1) is 10.2. The summed E-state index contributed by atoms with van der Waals surface area (Å²) in [7, 11) is 0. The number of aromatic nitrogens is 1. The van der Waals surface area contributed by atoms with Gasteiger partial charge in [0.05, 0.1) is 5.56 Å². The summed E-state index contributed by atoms with van der Waals surface area (Å²) < 4.78 is 0. The number of rotatable bonds is 2. The van der Waals surface area contributed by atoms with Crippen molar-refractivity contribution in [1.82, 2.24) is 4.98 Å². The summed E-state index contributed by atoms with van der Waals surface area (Å²) in [4.78, 5) is 4.80. The lowest BCUT2D eigenvalue weighted by Gasteiger charge is -2.35. The van der Waals surface area contributed by atoms with Crippen LogP contribution in [0, 0.1) is 23.2 Å². The number of hydrogen-bond donors (Lipinski definition) is 1. The topological polar surface area (TPSA) is 48.7 Å². The molecule has 3 atom stereocenters. The summed E-state index contributed by atoms with van der Waals surface area (Å²) >= 11 is 0. The Balaban J connectivity index is 1.86. The normalized spacial score (nSPS) is 28.5. The van der Waals surface area contributed by atoms with Crippen molar-refractivity contribution < 1.29 is 0 Å². The van der Waals surface area contributed by atoms with Gasteiger partial charge < -0.3 is 5.32 Å². The number of aryl methyl sites for hydroxylation is 2. The molecule has 0 aliphatic heterocycles. The number of anilines is 1. The van der Waals surface area contributed by atoms with Crippen LogP contribution in [-0.2, 0) is 12.8 Å². The van der Waals surface area contributed by atoms with Crippen LogP contribution in [0.15, 0.2) is 6.07 Å². The maximum atomic E-state index is 9.44. The van der Waals surface area contributed by atoms with E-state index in [0.717, 1.165) is 30.1 Å². The molecule has 3 rings (SSSR count). The largest absolute Gasteiger partial charge is 0.366 e. The highest BCUT2D eigenvalue weighted by molar-refractivity contribution is 5.55. The molecule has 21 heavy (non-hydrogen) atoms. The molecule has 2 aliphatic carbocycles. The third-order valence-corrected chi connectivity index (χ3v) is 5.45. The molecule has 3 nitrogen and oxygen atoms in total. The van der Waals surface area contributed by atoms with Crippen LogP contribution in [0.3, 0.4) is 0 Å². The van der Waals surface area contributed by atoms with Crippen LogP contribution >= 0.6 is 0 Å². The van der Waals surface area contributed by atoms with Gasteiger partial charge in [-0.25, -0.2) is 4.98 Å². The molecule has 1 saturated carbocycles. The predicted molar refractivity (Wildman–Crippen MR) is 85.2 cm³/mol. The molecular weight excluding hydrogens is 258 g/mol. The van der Waals surface area contributed by atoms with Crippen LogP contribution in [0.2, 0.25) is 0 Å². The van der Waals surface area contributed by atoms with Crippen molar-refractivity contribution >= 4 is 5.82 Å². The molecule has 1 N–H and O–H groups in total. The fourth-order valence-electron chi connectivity index (χ4n) is 3.79. The molecule has 1 fully saturated rings. The first-order valence-electron chi connectivity index (χ1n) is 8.38. The van der Waals surface area contributed by atoms with E-state index in [1.165, 1.54) is 43.4 Å². The lowest BCUT2D eigenvalue weighted by molar-refractivity contribution is 0.253. The lowest BCUT2D eigenvalue weighted by Crippen LogP contribution is -2.35. The predicted octanol–water partition coefficient (Wildman–Crippen LogP) is 4.07. The van der Waals surface area contributed by atoms with E-state index in [0.29, 0.717) is 12.0 Å². The Kier molecular flexibility index (Phi) is 4.14. The highest BCUT2D eigenvalue weighted by atomic mass is 15.0. The van der Waals surface area contributed by atoms with Gasteiger partial charge in [-0.2, -0.15) is 5.26 Å². The van der Waals surface area contributed by atoms with E-state index in [-0.39, 0.29) is 0 Å². The van der Waals surface area contributed by atoms with Gasteiger partial charge in [0.2, 0.25) is 0 Å². The van der Waals surface area contributed by atoms with E-state index in [4.69, 9.17) is 4.98 Å². The first-order valence-corrected chi connectivity index (χ1v) is 8.38. The summed E-state index contributed by atoms with van der Waals surface area (Å²) in [6, 6.07) is 4.86. The second-order valence-electron chi connectivity index (χ2n) is 6.83. The molecule has 0 saturated heterocycles. The number of nitrogens with zero attached hydrogens (tertiary/aromatic N) is 2. The van der Waals surface area contributed by atoms with Crippen molar-refractivity contribution in [3.05, 3.63) is 22.9 Å². The van der Waals surface area contributed by atoms with Gasteiger partial charge in [-0.1, -0.05) is 26.7 Å². The van der Waals surface area contributed by atoms with Crippen LogP contribution in [-0.4, -0.2) is 11.0 Å². The molecule has 3 heteroatoms. The molecule has 0 amide bonds. The van der Waals surface area contributed by atoms with Crippen LogP contribution in [0.5, 0.6) is 0 Å². The van der Waals surface area contributed by atoms with E-state index in [1.807, 2.05) is 0 Å². The van der Waals surface area contributed by atoms with Gasteiger partial charge in [0.25, 0.3) is 0 Å². The molecule has 0 spiro atoms. The number of pyridine rings is 1. The van der Waals surface area contributed by atoms with Gasteiger partial charge >= 0.3 is 0 Å². The summed E-state index contributed by atoms with van der Waals surface area (Å²) in [6.07, 6.45) is 8.37. The maximum Gasteiger partial charge on any atom is 0.144 e. The summed E-state index contributed by atoms with van der Waals surface area (Å²) in [5, 5.41) is 13.0. The highest BCUT2D eigenvalue weighted by Crippen LogP contribution is 2.32. The molecule has 1 aromatic rings. The summed E-state index contributed by atoms with van der Waals surface area (Å²) in [5.41, 5.74) is 3.22. The Bertz CT molecular complexity index is 558.